The molecule has 2 aliphatic rings. The Labute approximate surface area is 124 Å². The van der Waals surface area contributed by atoms with Crippen LogP contribution in [-0.4, -0.2) is 42.6 Å². The average molecular weight is 298 g/mol. The van der Waals surface area contributed by atoms with E-state index in [1.807, 2.05) is 13.8 Å². The molecule has 0 radical (unpaired) electrons. The summed E-state index contributed by atoms with van der Waals surface area (Å²) in [5.41, 5.74) is 0. The molecule has 0 spiro atoms. The van der Waals surface area contributed by atoms with Crippen molar-refractivity contribution in [3.05, 3.63) is 12.2 Å². The van der Waals surface area contributed by atoms with Crippen molar-refractivity contribution in [1.82, 2.24) is 0 Å². The fourth-order valence-electron chi connectivity index (χ4n) is 2.71. The van der Waals surface area contributed by atoms with Gasteiger partial charge in [-0.05, 0) is 33.8 Å². The predicted molar refractivity (Wildman–Crippen MR) is 73.3 cm³/mol. The number of esters is 1. The van der Waals surface area contributed by atoms with Gasteiger partial charge in [0.25, 0.3) is 0 Å². The summed E-state index contributed by atoms with van der Waals surface area (Å²) in [6.07, 6.45) is 2.04. The van der Waals surface area contributed by atoms with Gasteiger partial charge in [-0.25, -0.2) is 4.79 Å². The van der Waals surface area contributed by atoms with Crippen LogP contribution in [0.5, 0.6) is 0 Å². The van der Waals surface area contributed by atoms with Gasteiger partial charge in [0.1, 0.15) is 11.9 Å². The van der Waals surface area contributed by atoms with Crippen molar-refractivity contribution in [2.75, 3.05) is 6.61 Å². The van der Waals surface area contributed by atoms with Gasteiger partial charge in [0.2, 0.25) is 0 Å². The second kappa shape index (κ2) is 6.25. The molecule has 0 bridgehead atoms. The molecule has 2 aliphatic heterocycles. The van der Waals surface area contributed by atoms with Gasteiger partial charge in [-0.2, -0.15) is 0 Å². The minimum atomic E-state index is -0.722. The molecule has 0 aromatic rings. The van der Waals surface area contributed by atoms with E-state index in [0.29, 0.717) is 13.0 Å². The molecule has 0 saturated carbocycles. The first-order chi connectivity index (χ1) is 9.82. The van der Waals surface area contributed by atoms with Gasteiger partial charge in [-0.3, -0.25) is 0 Å². The number of ketones is 1. The third-order valence-electron chi connectivity index (χ3n) is 3.46. The Bertz CT molecular complexity index is 441. The minimum Gasteiger partial charge on any atom is -0.463 e. The number of ether oxygens (including phenoxy) is 4. The van der Waals surface area contributed by atoms with Crippen LogP contribution in [0.4, 0.5) is 0 Å². The first-order valence-corrected chi connectivity index (χ1v) is 7.18. The van der Waals surface area contributed by atoms with Crippen molar-refractivity contribution >= 4 is 11.8 Å². The van der Waals surface area contributed by atoms with Crippen molar-refractivity contribution in [3.63, 3.8) is 0 Å². The molecule has 0 N–H and O–H groups in total. The summed E-state index contributed by atoms with van der Waals surface area (Å²) in [6.45, 7) is 7.20. The van der Waals surface area contributed by atoms with Crippen LogP contribution >= 0.6 is 0 Å². The normalized spacial score (nSPS) is 34.1. The van der Waals surface area contributed by atoms with Crippen LogP contribution in [0.25, 0.3) is 0 Å². The molecule has 0 aromatic heterocycles. The van der Waals surface area contributed by atoms with Gasteiger partial charge >= 0.3 is 5.97 Å². The molecule has 2 rings (SSSR count). The van der Waals surface area contributed by atoms with Crippen LogP contribution in [0, 0.1) is 5.92 Å². The highest BCUT2D eigenvalue weighted by molar-refractivity contribution is 5.82. The van der Waals surface area contributed by atoms with Gasteiger partial charge in [0, 0.05) is 18.4 Å². The van der Waals surface area contributed by atoms with E-state index in [1.54, 1.807) is 13.0 Å². The Balaban J connectivity index is 2.08. The Hall–Kier alpha value is -1.24. The number of fused-ring (bicyclic) bond motifs is 1. The number of hydrogen-bond donors (Lipinski definition) is 0. The van der Waals surface area contributed by atoms with Crippen molar-refractivity contribution in [3.8, 4) is 0 Å². The van der Waals surface area contributed by atoms with E-state index in [1.165, 1.54) is 13.0 Å². The second-order valence-electron chi connectivity index (χ2n) is 5.75. The molecule has 0 aliphatic carbocycles. The molecule has 2 heterocycles. The van der Waals surface area contributed by atoms with Gasteiger partial charge in [0.15, 0.2) is 12.1 Å². The fraction of sp³-hybridized carbons (Fsp3) is 0.733. The maximum Gasteiger partial charge on any atom is 0.330 e. The largest absolute Gasteiger partial charge is 0.463 e. The van der Waals surface area contributed by atoms with Crippen LogP contribution in [0.15, 0.2) is 12.2 Å². The van der Waals surface area contributed by atoms with Gasteiger partial charge in [-0.15, -0.1) is 0 Å². The highest BCUT2D eigenvalue weighted by Crippen LogP contribution is 2.42. The van der Waals surface area contributed by atoms with Crippen LogP contribution in [0.1, 0.15) is 34.1 Å². The zero-order valence-corrected chi connectivity index (χ0v) is 12.8. The number of rotatable bonds is 5. The fourth-order valence-corrected chi connectivity index (χ4v) is 2.71. The van der Waals surface area contributed by atoms with Crippen molar-refractivity contribution in [2.24, 2.45) is 5.92 Å². The highest BCUT2D eigenvalue weighted by Gasteiger charge is 2.54. The van der Waals surface area contributed by atoms with E-state index in [9.17, 15) is 9.59 Å². The van der Waals surface area contributed by atoms with Gasteiger partial charge in [0.05, 0.1) is 12.7 Å². The van der Waals surface area contributed by atoms with Crippen molar-refractivity contribution in [1.29, 1.82) is 0 Å². The average Bonchev–Trinajstić information content (AvgIpc) is 2.80. The topological polar surface area (TPSA) is 71.1 Å². The minimum absolute atomic E-state index is 0.0482. The van der Waals surface area contributed by atoms with Crippen LogP contribution < -0.4 is 0 Å². The summed E-state index contributed by atoms with van der Waals surface area (Å²) in [6, 6.07) is 0. The first kappa shape index (κ1) is 16.1. The monoisotopic (exact) mass is 298 g/mol. The van der Waals surface area contributed by atoms with E-state index in [0.717, 1.165) is 0 Å². The van der Waals surface area contributed by atoms with Gasteiger partial charge < -0.3 is 23.7 Å². The predicted octanol–water partition coefficient (Wildman–Crippen LogP) is 1.58. The van der Waals surface area contributed by atoms with Crippen LogP contribution in [-0.2, 0) is 28.5 Å². The van der Waals surface area contributed by atoms with E-state index in [-0.39, 0.29) is 17.8 Å². The van der Waals surface area contributed by atoms with E-state index in [4.69, 9.17) is 18.9 Å². The summed E-state index contributed by atoms with van der Waals surface area (Å²) >= 11 is 0. The molecule has 0 aromatic carbocycles. The Morgan fingerprint density at radius 1 is 1.29 bits per heavy atom. The summed E-state index contributed by atoms with van der Waals surface area (Å²) < 4.78 is 22.1. The molecule has 0 unspecified atom stereocenters. The molecule has 4 atom stereocenters. The molecule has 6 nitrogen and oxygen atoms in total. The lowest BCUT2D eigenvalue weighted by Crippen LogP contribution is -2.30. The molecule has 2 fully saturated rings. The maximum absolute atomic E-state index is 11.5. The smallest absolute Gasteiger partial charge is 0.330 e. The molecule has 118 valence electrons. The van der Waals surface area contributed by atoms with Crippen LogP contribution in [0.2, 0.25) is 0 Å². The Morgan fingerprint density at radius 2 is 2.00 bits per heavy atom. The van der Waals surface area contributed by atoms with Crippen molar-refractivity contribution in [2.45, 2.75) is 58.4 Å². The van der Waals surface area contributed by atoms with Crippen LogP contribution in [0.3, 0.4) is 0 Å². The molecule has 6 heteroatoms. The number of hydrogen-bond acceptors (Lipinski definition) is 6. The lowest BCUT2D eigenvalue weighted by molar-refractivity contribution is -0.205. The third kappa shape index (κ3) is 3.90. The molecule has 0 amide bonds. The molecule has 21 heavy (non-hydrogen) atoms. The molecular formula is C15H22O6. The summed E-state index contributed by atoms with van der Waals surface area (Å²) in [5.74, 6) is -1.27. The van der Waals surface area contributed by atoms with E-state index < -0.39 is 24.2 Å². The lowest BCUT2D eigenvalue weighted by atomic mass is 9.92. The Morgan fingerprint density at radius 3 is 2.62 bits per heavy atom. The molecular weight excluding hydrogens is 276 g/mol. The zero-order valence-electron chi connectivity index (χ0n) is 12.8. The van der Waals surface area contributed by atoms with E-state index in [2.05, 4.69) is 0 Å². The first-order valence-electron chi connectivity index (χ1n) is 7.18. The van der Waals surface area contributed by atoms with E-state index >= 15 is 0 Å². The molecule has 2 saturated heterocycles. The standard InChI is InChI=1S/C15H22O6/c1-5-18-12(17)7-6-11-10(8-9(2)16)13-14(19-11)21-15(3,4)20-13/h6-7,10-11,13-14H,5,8H2,1-4H3/b7-6-/t10-,11-,13-,14-/m1/s1. The lowest BCUT2D eigenvalue weighted by Gasteiger charge is -2.23. The highest BCUT2D eigenvalue weighted by atomic mass is 16.8. The SMILES string of the molecule is CCOC(=O)/C=C\[C@H]1O[C@@H]2OC(C)(C)O[C@@H]2[C@@H]1CC(C)=O. The summed E-state index contributed by atoms with van der Waals surface area (Å²) in [4.78, 5) is 22.9. The number of Topliss-reactive ketones (excluding diaryl/α,β-unsaturated/α-hetero) is 1. The van der Waals surface area contributed by atoms with Crippen molar-refractivity contribution < 1.29 is 28.5 Å². The summed E-state index contributed by atoms with van der Waals surface area (Å²) in [7, 11) is 0. The zero-order chi connectivity index (χ0) is 15.6. The number of carbonyl (C=O) groups is 2. The second-order valence-corrected chi connectivity index (χ2v) is 5.75. The third-order valence-corrected chi connectivity index (χ3v) is 3.46. The quantitative estimate of drug-likeness (QED) is 0.567. The van der Waals surface area contributed by atoms with Gasteiger partial charge in [-0.1, -0.05) is 0 Å². The number of carbonyl (C=O) groups excluding carboxylic acids is 2. The summed E-state index contributed by atoms with van der Waals surface area (Å²) in [5, 5.41) is 0. The Kier molecular flexibility index (Phi) is 4.81. The maximum atomic E-state index is 11.5.